The summed E-state index contributed by atoms with van der Waals surface area (Å²) in [5.74, 6) is 1.62. The molecule has 0 aromatic heterocycles. The highest BCUT2D eigenvalue weighted by atomic mass is 127. The summed E-state index contributed by atoms with van der Waals surface area (Å²) in [7, 11) is 2.19. The molecule has 0 amide bonds. The van der Waals surface area contributed by atoms with Crippen LogP contribution in [0.25, 0.3) is 0 Å². The first-order valence-electron chi connectivity index (χ1n) is 9.62. The average Bonchev–Trinajstić information content (AvgIpc) is 2.59. The largest absolute Gasteiger partial charge is 0.379 e. The van der Waals surface area contributed by atoms with E-state index >= 15 is 0 Å². The lowest BCUT2D eigenvalue weighted by Gasteiger charge is -2.28. The van der Waals surface area contributed by atoms with Crippen LogP contribution >= 0.6 is 24.0 Å². The van der Waals surface area contributed by atoms with Crippen molar-refractivity contribution < 1.29 is 9.47 Å². The minimum absolute atomic E-state index is 0. The molecule has 1 aliphatic rings. The van der Waals surface area contributed by atoms with Crippen molar-refractivity contribution in [2.45, 2.75) is 39.5 Å². The SMILES string of the molecule is CCCCOCCOCCNC(=NCC1CCN(C)CC1)NCC.I. The highest BCUT2D eigenvalue weighted by molar-refractivity contribution is 14.0. The van der Waals surface area contributed by atoms with E-state index in [1.54, 1.807) is 0 Å². The summed E-state index contributed by atoms with van der Waals surface area (Å²) in [6.07, 6.45) is 4.80. The van der Waals surface area contributed by atoms with Gasteiger partial charge in [-0.25, -0.2) is 0 Å². The molecule has 1 rings (SSSR count). The lowest BCUT2D eigenvalue weighted by Crippen LogP contribution is -2.40. The smallest absolute Gasteiger partial charge is 0.191 e. The Labute approximate surface area is 171 Å². The van der Waals surface area contributed by atoms with Crippen LogP contribution in [0.1, 0.15) is 39.5 Å². The zero-order valence-electron chi connectivity index (χ0n) is 16.4. The summed E-state index contributed by atoms with van der Waals surface area (Å²) in [4.78, 5) is 7.12. The van der Waals surface area contributed by atoms with Gasteiger partial charge in [0.2, 0.25) is 0 Å². The Bertz CT molecular complexity index is 324. The fourth-order valence-electron chi connectivity index (χ4n) is 2.62. The predicted octanol–water partition coefficient (Wildman–Crippen LogP) is 2.33. The number of aliphatic imine (C=N–C) groups is 1. The molecule has 6 nitrogen and oxygen atoms in total. The van der Waals surface area contributed by atoms with Gasteiger partial charge in [-0.15, -0.1) is 24.0 Å². The first-order chi connectivity index (χ1) is 11.8. The van der Waals surface area contributed by atoms with Gasteiger partial charge >= 0.3 is 0 Å². The number of likely N-dealkylation sites (tertiary alicyclic amines) is 1. The van der Waals surface area contributed by atoms with E-state index in [9.17, 15) is 0 Å². The quantitative estimate of drug-likeness (QED) is 0.199. The van der Waals surface area contributed by atoms with Crippen LogP contribution in [0.2, 0.25) is 0 Å². The maximum atomic E-state index is 5.57. The van der Waals surface area contributed by atoms with E-state index in [0.29, 0.717) is 25.7 Å². The molecule has 1 heterocycles. The summed E-state index contributed by atoms with van der Waals surface area (Å²) >= 11 is 0. The van der Waals surface area contributed by atoms with Crippen molar-refractivity contribution in [3.8, 4) is 0 Å². The van der Waals surface area contributed by atoms with Crippen molar-refractivity contribution in [1.29, 1.82) is 0 Å². The van der Waals surface area contributed by atoms with Gasteiger partial charge in [0.1, 0.15) is 0 Å². The standard InChI is InChI=1S/C18H38N4O2.HI/c1-4-6-12-23-14-15-24-13-9-20-18(19-5-2)21-16-17-7-10-22(3)11-8-17;/h17H,4-16H2,1-3H3,(H2,19,20,21);1H. The van der Waals surface area contributed by atoms with E-state index in [0.717, 1.165) is 38.6 Å². The second-order valence-corrected chi connectivity index (χ2v) is 6.47. The number of rotatable bonds is 12. The van der Waals surface area contributed by atoms with Gasteiger partial charge in [0.05, 0.1) is 19.8 Å². The zero-order valence-corrected chi connectivity index (χ0v) is 18.7. The number of hydrogen-bond acceptors (Lipinski definition) is 4. The Kier molecular flexibility index (Phi) is 17.2. The highest BCUT2D eigenvalue weighted by Crippen LogP contribution is 2.15. The summed E-state index contributed by atoms with van der Waals surface area (Å²) in [5.41, 5.74) is 0. The van der Waals surface area contributed by atoms with E-state index in [2.05, 4.69) is 36.4 Å². The second-order valence-electron chi connectivity index (χ2n) is 6.47. The van der Waals surface area contributed by atoms with Gasteiger partial charge in [-0.05, 0) is 52.2 Å². The number of nitrogens with zero attached hydrogens (tertiary/aromatic N) is 2. The normalized spacial score (nSPS) is 16.5. The van der Waals surface area contributed by atoms with Crippen LogP contribution in [0.5, 0.6) is 0 Å². The molecular weight excluding hydrogens is 431 g/mol. The van der Waals surface area contributed by atoms with Crippen molar-refractivity contribution in [3.63, 3.8) is 0 Å². The van der Waals surface area contributed by atoms with Crippen molar-refractivity contribution in [2.24, 2.45) is 10.9 Å². The van der Waals surface area contributed by atoms with Gasteiger partial charge in [0.15, 0.2) is 5.96 Å². The molecule has 0 aromatic rings. The molecular formula is C18H39IN4O2. The third-order valence-electron chi connectivity index (χ3n) is 4.24. The summed E-state index contributed by atoms with van der Waals surface area (Å²) < 4.78 is 11.0. The molecule has 0 atom stereocenters. The van der Waals surface area contributed by atoms with Crippen LogP contribution in [-0.2, 0) is 9.47 Å². The molecule has 0 unspecified atom stereocenters. The van der Waals surface area contributed by atoms with Crippen molar-refractivity contribution >= 4 is 29.9 Å². The number of guanidine groups is 1. The number of halogens is 1. The second kappa shape index (κ2) is 17.3. The molecule has 2 N–H and O–H groups in total. The van der Waals surface area contributed by atoms with Crippen LogP contribution in [0.3, 0.4) is 0 Å². The Morgan fingerprint density at radius 1 is 1.04 bits per heavy atom. The number of hydrogen-bond donors (Lipinski definition) is 2. The lowest BCUT2D eigenvalue weighted by molar-refractivity contribution is 0.0487. The van der Waals surface area contributed by atoms with Gasteiger partial charge in [-0.1, -0.05) is 13.3 Å². The van der Waals surface area contributed by atoms with Gasteiger partial charge < -0.3 is 25.0 Å². The molecule has 1 fully saturated rings. The molecule has 150 valence electrons. The van der Waals surface area contributed by atoms with Crippen molar-refractivity contribution in [3.05, 3.63) is 0 Å². The highest BCUT2D eigenvalue weighted by Gasteiger charge is 2.16. The van der Waals surface area contributed by atoms with E-state index in [1.807, 2.05) is 0 Å². The minimum atomic E-state index is 0. The third-order valence-corrected chi connectivity index (χ3v) is 4.24. The van der Waals surface area contributed by atoms with Crippen molar-refractivity contribution in [1.82, 2.24) is 15.5 Å². The molecule has 25 heavy (non-hydrogen) atoms. The summed E-state index contributed by atoms with van der Waals surface area (Å²) in [6.45, 7) is 12.1. The van der Waals surface area contributed by atoms with Crippen molar-refractivity contribution in [2.75, 3.05) is 66.2 Å². The number of nitrogens with one attached hydrogen (secondary N) is 2. The summed E-state index contributed by atoms with van der Waals surface area (Å²) in [6, 6.07) is 0. The minimum Gasteiger partial charge on any atom is -0.379 e. The van der Waals surface area contributed by atoms with E-state index < -0.39 is 0 Å². The van der Waals surface area contributed by atoms with Crippen LogP contribution in [0, 0.1) is 5.92 Å². The third kappa shape index (κ3) is 13.7. The fraction of sp³-hybridized carbons (Fsp3) is 0.944. The Balaban J connectivity index is 0.00000576. The van der Waals surface area contributed by atoms with E-state index in [1.165, 1.54) is 32.4 Å². The maximum Gasteiger partial charge on any atom is 0.191 e. The number of unbranched alkanes of at least 4 members (excludes halogenated alkanes) is 1. The monoisotopic (exact) mass is 470 g/mol. The van der Waals surface area contributed by atoms with Crippen LogP contribution in [-0.4, -0.2) is 77.1 Å². The van der Waals surface area contributed by atoms with E-state index in [-0.39, 0.29) is 24.0 Å². The predicted molar refractivity (Wildman–Crippen MR) is 116 cm³/mol. The van der Waals surface area contributed by atoms with Crippen LogP contribution < -0.4 is 10.6 Å². The van der Waals surface area contributed by atoms with Gasteiger partial charge in [0, 0.05) is 26.2 Å². The van der Waals surface area contributed by atoms with Crippen LogP contribution in [0.15, 0.2) is 4.99 Å². The first-order valence-corrected chi connectivity index (χ1v) is 9.62. The molecule has 0 saturated carbocycles. The van der Waals surface area contributed by atoms with Gasteiger partial charge in [0.25, 0.3) is 0 Å². The number of piperidine rings is 1. The fourth-order valence-corrected chi connectivity index (χ4v) is 2.62. The Hall–Kier alpha value is -0.120. The summed E-state index contributed by atoms with van der Waals surface area (Å²) in [5, 5.41) is 6.65. The molecule has 0 aliphatic carbocycles. The molecule has 0 aromatic carbocycles. The zero-order chi connectivity index (χ0) is 17.5. The van der Waals surface area contributed by atoms with Crippen LogP contribution in [0.4, 0.5) is 0 Å². The number of ether oxygens (including phenoxy) is 2. The molecule has 1 saturated heterocycles. The lowest BCUT2D eigenvalue weighted by atomic mass is 9.97. The molecule has 1 aliphatic heterocycles. The Morgan fingerprint density at radius 2 is 1.72 bits per heavy atom. The molecule has 0 radical (unpaired) electrons. The Morgan fingerprint density at radius 3 is 2.36 bits per heavy atom. The molecule has 0 spiro atoms. The van der Waals surface area contributed by atoms with E-state index in [4.69, 9.17) is 14.5 Å². The van der Waals surface area contributed by atoms with Gasteiger partial charge in [-0.2, -0.15) is 0 Å². The topological polar surface area (TPSA) is 58.1 Å². The maximum absolute atomic E-state index is 5.57. The van der Waals surface area contributed by atoms with Gasteiger partial charge in [-0.3, -0.25) is 4.99 Å². The first kappa shape index (κ1) is 24.9. The molecule has 0 bridgehead atoms. The average molecular weight is 470 g/mol. The molecule has 7 heteroatoms.